The summed E-state index contributed by atoms with van der Waals surface area (Å²) >= 11 is 8.91. The zero-order valence-corrected chi connectivity index (χ0v) is 21.2. The second kappa shape index (κ2) is 11.3. The lowest BCUT2D eigenvalue weighted by Gasteiger charge is -2.34. The molecule has 190 valence electrons. The number of piperidine rings is 1. The zero-order chi connectivity index (χ0) is 25.0. The highest BCUT2D eigenvalue weighted by molar-refractivity contribution is 8.02. The molecule has 0 bridgehead atoms. The van der Waals surface area contributed by atoms with Gasteiger partial charge in [-0.15, -0.1) is 11.3 Å². The van der Waals surface area contributed by atoms with E-state index in [1.54, 1.807) is 4.90 Å². The van der Waals surface area contributed by atoms with Crippen LogP contribution in [0.2, 0.25) is 5.02 Å². The van der Waals surface area contributed by atoms with E-state index in [0.717, 1.165) is 42.0 Å². The van der Waals surface area contributed by atoms with Crippen LogP contribution in [0, 0.1) is 5.92 Å². The molecule has 4 rings (SSSR count). The molecule has 3 amide bonds. The monoisotopic (exact) mass is 546 g/mol. The van der Waals surface area contributed by atoms with Gasteiger partial charge in [0.1, 0.15) is 6.54 Å². The third kappa shape index (κ3) is 7.44. The first kappa shape index (κ1) is 26.0. The van der Waals surface area contributed by atoms with Crippen molar-refractivity contribution in [3.05, 3.63) is 46.3 Å². The SMILES string of the molecule is O=C(NCC1CCCN(C(=O)CN(Sc2cccs2)c2cc(C(F)(F)F)ccc2Cl)C1)NC1CC1. The molecule has 2 heterocycles. The first-order valence-corrected chi connectivity index (χ1v) is 13.4. The molecule has 1 saturated heterocycles. The Kier molecular flexibility index (Phi) is 8.38. The first-order chi connectivity index (χ1) is 16.7. The van der Waals surface area contributed by atoms with Crippen LogP contribution >= 0.6 is 34.9 Å². The number of amides is 3. The molecule has 0 radical (unpaired) electrons. The van der Waals surface area contributed by atoms with Gasteiger partial charge in [-0.25, -0.2) is 4.79 Å². The minimum absolute atomic E-state index is 0.119. The van der Waals surface area contributed by atoms with E-state index in [-0.39, 0.29) is 41.2 Å². The van der Waals surface area contributed by atoms with Gasteiger partial charge in [0.15, 0.2) is 0 Å². The number of nitrogens with one attached hydrogen (secondary N) is 2. The number of hydrogen-bond donors (Lipinski definition) is 2. The molecule has 2 N–H and O–H groups in total. The van der Waals surface area contributed by atoms with Gasteiger partial charge in [-0.2, -0.15) is 13.2 Å². The van der Waals surface area contributed by atoms with Crippen LogP contribution < -0.4 is 14.9 Å². The van der Waals surface area contributed by atoms with Gasteiger partial charge in [-0.3, -0.25) is 4.79 Å². The fourth-order valence-electron chi connectivity index (χ4n) is 3.85. The van der Waals surface area contributed by atoms with E-state index >= 15 is 0 Å². The Balaban J connectivity index is 1.44. The minimum atomic E-state index is -4.53. The maximum Gasteiger partial charge on any atom is 0.416 e. The van der Waals surface area contributed by atoms with Crippen LogP contribution in [0.5, 0.6) is 0 Å². The number of hydrogen-bond acceptors (Lipinski definition) is 5. The minimum Gasteiger partial charge on any atom is -0.341 e. The summed E-state index contributed by atoms with van der Waals surface area (Å²) in [5.41, 5.74) is -0.685. The molecular weight excluding hydrogens is 521 g/mol. The molecule has 1 atom stereocenters. The topological polar surface area (TPSA) is 64.7 Å². The molecule has 12 heteroatoms. The molecular formula is C23H26ClF3N4O2S2. The van der Waals surface area contributed by atoms with Crippen LogP contribution in [0.25, 0.3) is 0 Å². The summed E-state index contributed by atoms with van der Waals surface area (Å²) in [4.78, 5) is 26.9. The van der Waals surface area contributed by atoms with Gasteiger partial charge < -0.3 is 19.8 Å². The van der Waals surface area contributed by atoms with Crippen molar-refractivity contribution in [1.29, 1.82) is 0 Å². The Morgan fingerprint density at radius 3 is 2.71 bits per heavy atom. The predicted molar refractivity (Wildman–Crippen MR) is 133 cm³/mol. The molecule has 2 aromatic rings. The van der Waals surface area contributed by atoms with Crippen molar-refractivity contribution in [3.8, 4) is 0 Å². The largest absolute Gasteiger partial charge is 0.416 e. The zero-order valence-electron chi connectivity index (χ0n) is 18.8. The van der Waals surface area contributed by atoms with E-state index in [0.29, 0.717) is 19.6 Å². The van der Waals surface area contributed by atoms with E-state index in [1.807, 2.05) is 17.5 Å². The maximum absolute atomic E-state index is 13.4. The summed E-state index contributed by atoms with van der Waals surface area (Å²) in [6.45, 7) is 1.38. The molecule has 1 aromatic heterocycles. The van der Waals surface area contributed by atoms with Crippen LogP contribution in [0.15, 0.2) is 39.9 Å². The quantitative estimate of drug-likeness (QED) is 0.421. The van der Waals surface area contributed by atoms with Gasteiger partial charge in [0.2, 0.25) is 5.91 Å². The van der Waals surface area contributed by atoms with Gasteiger partial charge >= 0.3 is 12.2 Å². The fourth-order valence-corrected chi connectivity index (χ4v) is 5.96. The normalized spacial score (nSPS) is 18.3. The van der Waals surface area contributed by atoms with Crippen molar-refractivity contribution in [2.24, 2.45) is 5.92 Å². The second-order valence-corrected chi connectivity index (χ2v) is 11.4. The molecule has 1 unspecified atom stereocenters. The molecule has 2 fully saturated rings. The van der Waals surface area contributed by atoms with Crippen molar-refractivity contribution in [3.63, 3.8) is 0 Å². The van der Waals surface area contributed by atoms with Crippen molar-refractivity contribution in [2.75, 3.05) is 30.5 Å². The predicted octanol–water partition coefficient (Wildman–Crippen LogP) is 5.63. The Morgan fingerprint density at radius 2 is 2.03 bits per heavy atom. The first-order valence-electron chi connectivity index (χ1n) is 11.4. The van der Waals surface area contributed by atoms with Crippen LogP contribution in [-0.4, -0.2) is 49.1 Å². The lowest BCUT2D eigenvalue weighted by molar-refractivity contribution is -0.137. The highest BCUT2D eigenvalue weighted by atomic mass is 35.5. The summed E-state index contributed by atoms with van der Waals surface area (Å²) in [6, 6.07) is 6.89. The average molecular weight is 547 g/mol. The Bertz CT molecular complexity index is 1030. The smallest absolute Gasteiger partial charge is 0.341 e. The maximum atomic E-state index is 13.4. The number of urea groups is 1. The Labute approximate surface area is 215 Å². The number of nitrogens with zero attached hydrogens (tertiary/aromatic N) is 2. The molecule has 1 aromatic carbocycles. The number of alkyl halides is 3. The highest BCUT2D eigenvalue weighted by Crippen LogP contribution is 2.40. The molecule has 1 aliphatic heterocycles. The van der Waals surface area contributed by atoms with Crippen LogP contribution in [0.3, 0.4) is 0 Å². The van der Waals surface area contributed by atoms with Crippen molar-refractivity contribution in [2.45, 2.75) is 42.1 Å². The van der Waals surface area contributed by atoms with Crippen LogP contribution in [0.1, 0.15) is 31.2 Å². The molecule has 35 heavy (non-hydrogen) atoms. The van der Waals surface area contributed by atoms with E-state index in [4.69, 9.17) is 11.6 Å². The van der Waals surface area contributed by atoms with Gasteiger partial charge in [0, 0.05) is 25.7 Å². The number of rotatable bonds is 8. The molecule has 6 nitrogen and oxygen atoms in total. The number of thiophene rings is 1. The van der Waals surface area contributed by atoms with Gasteiger partial charge in [0.25, 0.3) is 0 Å². The van der Waals surface area contributed by atoms with E-state index in [2.05, 4.69) is 10.6 Å². The Hall–Kier alpha value is -2.11. The average Bonchev–Trinajstić information content (AvgIpc) is 3.48. The third-order valence-corrected chi connectivity index (χ3v) is 8.21. The van der Waals surface area contributed by atoms with Gasteiger partial charge in [-0.05, 0) is 73.2 Å². The molecule has 2 aliphatic rings. The second-order valence-electron chi connectivity index (χ2n) is 8.70. The number of halogens is 4. The number of carbonyl (C=O) groups excluding carboxylic acids is 2. The van der Waals surface area contributed by atoms with Crippen LogP contribution in [0.4, 0.5) is 23.7 Å². The number of likely N-dealkylation sites (tertiary alicyclic amines) is 1. The van der Waals surface area contributed by atoms with Crippen LogP contribution in [-0.2, 0) is 11.0 Å². The molecule has 1 aliphatic carbocycles. The summed E-state index contributed by atoms with van der Waals surface area (Å²) in [5.74, 6) is -0.0807. The third-order valence-electron chi connectivity index (χ3n) is 5.85. The lowest BCUT2D eigenvalue weighted by Crippen LogP contribution is -2.47. The van der Waals surface area contributed by atoms with E-state index < -0.39 is 11.7 Å². The number of anilines is 1. The number of carbonyl (C=O) groups is 2. The van der Waals surface area contributed by atoms with Crippen molar-refractivity contribution >= 4 is 52.5 Å². The fraction of sp³-hybridized carbons (Fsp3) is 0.478. The van der Waals surface area contributed by atoms with Gasteiger partial charge in [-0.1, -0.05) is 17.7 Å². The van der Waals surface area contributed by atoms with E-state index in [1.165, 1.54) is 33.7 Å². The standard InChI is InChI=1S/C23H26ClF3N4O2S2/c24-18-8-5-16(23(25,26)27)11-19(18)31(35-21-4-2-10-34-21)14-20(32)30-9-1-3-15(13-30)12-28-22(33)29-17-6-7-17/h2,4-5,8,10-11,15,17H,1,3,6-7,9,12-14H2,(H2,28,29,33). The van der Waals surface area contributed by atoms with Crippen molar-refractivity contribution in [1.82, 2.24) is 15.5 Å². The summed E-state index contributed by atoms with van der Waals surface area (Å²) < 4.78 is 42.4. The lowest BCUT2D eigenvalue weighted by atomic mass is 9.98. The molecule has 0 spiro atoms. The van der Waals surface area contributed by atoms with Crippen molar-refractivity contribution < 1.29 is 22.8 Å². The van der Waals surface area contributed by atoms with Gasteiger partial charge in [0.05, 0.1) is 20.5 Å². The number of benzene rings is 1. The Morgan fingerprint density at radius 1 is 1.23 bits per heavy atom. The molecule has 1 saturated carbocycles. The summed E-state index contributed by atoms with van der Waals surface area (Å²) in [5, 5.41) is 7.76. The van der Waals surface area contributed by atoms with E-state index in [9.17, 15) is 22.8 Å². The highest BCUT2D eigenvalue weighted by Gasteiger charge is 2.33. The summed E-state index contributed by atoms with van der Waals surface area (Å²) in [6.07, 6.45) is -0.823. The summed E-state index contributed by atoms with van der Waals surface area (Å²) in [7, 11) is 0.